The van der Waals surface area contributed by atoms with Gasteiger partial charge >= 0.3 is 0 Å². The number of Topliss-reactive ketones (excluding diaryl/α,β-unsaturated/α-hetero) is 1. The molecule has 1 aromatic heterocycles. The molecule has 164 valence electrons. The highest BCUT2D eigenvalue weighted by Crippen LogP contribution is 2.40. The molecule has 0 unspecified atom stereocenters. The van der Waals surface area contributed by atoms with E-state index < -0.39 is 17.7 Å². The zero-order chi connectivity index (χ0) is 22.7. The summed E-state index contributed by atoms with van der Waals surface area (Å²) >= 11 is 5.96. The van der Waals surface area contributed by atoms with Crippen LogP contribution in [-0.2, 0) is 16.1 Å². The number of halogens is 1. The van der Waals surface area contributed by atoms with Crippen molar-refractivity contribution in [3.8, 4) is 5.75 Å². The van der Waals surface area contributed by atoms with Gasteiger partial charge in [0.05, 0.1) is 25.1 Å². The summed E-state index contributed by atoms with van der Waals surface area (Å²) in [6.45, 7) is 0.979. The number of aromatic nitrogens is 2. The van der Waals surface area contributed by atoms with Crippen molar-refractivity contribution in [2.75, 3.05) is 13.7 Å². The average molecular weight is 452 g/mol. The summed E-state index contributed by atoms with van der Waals surface area (Å²) in [6, 6.07) is 12.9. The van der Waals surface area contributed by atoms with Gasteiger partial charge in [-0.1, -0.05) is 23.7 Å². The van der Waals surface area contributed by atoms with Gasteiger partial charge in [-0.25, -0.2) is 4.98 Å². The lowest BCUT2D eigenvalue weighted by Gasteiger charge is -2.25. The molecule has 1 aliphatic heterocycles. The first kappa shape index (κ1) is 21.6. The molecule has 1 saturated heterocycles. The molecule has 0 saturated carbocycles. The van der Waals surface area contributed by atoms with Crippen LogP contribution in [0.2, 0.25) is 5.02 Å². The molecular weight excluding hydrogens is 430 g/mol. The molecule has 1 aliphatic rings. The Bertz CT molecular complexity index is 1160. The van der Waals surface area contributed by atoms with Crippen molar-refractivity contribution in [3.63, 3.8) is 0 Å². The van der Waals surface area contributed by atoms with Gasteiger partial charge in [-0.05, 0) is 48.4 Å². The highest BCUT2D eigenvalue weighted by Gasteiger charge is 2.45. The van der Waals surface area contributed by atoms with Crippen LogP contribution in [0.1, 0.15) is 23.6 Å². The monoisotopic (exact) mass is 451 g/mol. The normalized spacial score (nSPS) is 17.7. The molecule has 0 spiro atoms. The van der Waals surface area contributed by atoms with Crippen LogP contribution >= 0.6 is 11.6 Å². The third-order valence-electron chi connectivity index (χ3n) is 5.44. The molecule has 0 bridgehead atoms. The third-order valence-corrected chi connectivity index (χ3v) is 5.69. The second kappa shape index (κ2) is 9.28. The predicted molar refractivity (Wildman–Crippen MR) is 120 cm³/mol. The van der Waals surface area contributed by atoms with Crippen LogP contribution in [0.15, 0.2) is 72.8 Å². The van der Waals surface area contributed by atoms with E-state index in [0.29, 0.717) is 41.4 Å². The Hall–Kier alpha value is -3.58. The molecule has 0 radical (unpaired) electrons. The number of likely N-dealkylation sites (tertiary alicyclic amines) is 1. The van der Waals surface area contributed by atoms with Gasteiger partial charge in [0.2, 0.25) is 0 Å². The summed E-state index contributed by atoms with van der Waals surface area (Å²) in [5, 5.41) is 11.5. The zero-order valence-corrected chi connectivity index (χ0v) is 18.2. The second-order valence-corrected chi connectivity index (χ2v) is 7.87. The molecule has 7 nitrogen and oxygen atoms in total. The van der Waals surface area contributed by atoms with Gasteiger partial charge in [0.1, 0.15) is 11.5 Å². The van der Waals surface area contributed by atoms with Crippen LogP contribution in [0.3, 0.4) is 0 Å². The van der Waals surface area contributed by atoms with E-state index in [1.807, 2.05) is 16.8 Å². The number of benzene rings is 2. The molecule has 2 aromatic carbocycles. The van der Waals surface area contributed by atoms with Crippen molar-refractivity contribution in [1.29, 1.82) is 0 Å². The number of hydrogen-bond acceptors (Lipinski definition) is 5. The number of carbonyl (C=O) groups excluding carboxylic acids is 2. The Labute approximate surface area is 190 Å². The van der Waals surface area contributed by atoms with Crippen LogP contribution in [-0.4, -0.2) is 44.9 Å². The van der Waals surface area contributed by atoms with Crippen molar-refractivity contribution in [2.24, 2.45) is 0 Å². The van der Waals surface area contributed by atoms with Crippen molar-refractivity contribution < 1.29 is 19.4 Å². The number of hydrogen-bond donors (Lipinski definition) is 1. The van der Waals surface area contributed by atoms with Crippen molar-refractivity contribution in [1.82, 2.24) is 14.5 Å². The first-order chi connectivity index (χ1) is 15.5. The molecule has 8 heteroatoms. The number of carbonyl (C=O) groups is 2. The van der Waals surface area contributed by atoms with E-state index >= 15 is 0 Å². The number of aryl methyl sites for hydroxylation is 1. The van der Waals surface area contributed by atoms with Crippen LogP contribution in [0.5, 0.6) is 5.75 Å². The molecule has 1 N–H and O–H groups in total. The quantitative estimate of drug-likeness (QED) is 0.332. The molecule has 1 atom stereocenters. The zero-order valence-electron chi connectivity index (χ0n) is 17.4. The minimum absolute atomic E-state index is 0.0493. The van der Waals surface area contributed by atoms with Crippen LogP contribution in [0, 0.1) is 0 Å². The molecule has 4 rings (SSSR count). The molecule has 32 heavy (non-hydrogen) atoms. The topological polar surface area (TPSA) is 84.7 Å². The molecule has 1 amide bonds. The number of aliphatic hydroxyl groups is 1. The minimum Gasteiger partial charge on any atom is -0.507 e. The third kappa shape index (κ3) is 4.24. The van der Waals surface area contributed by atoms with Crippen LogP contribution in [0.4, 0.5) is 0 Å². The first-order valence-corrected chi connectivity index (χ1v) is 10.5. The van der Waals surface area contributed by atoms with E-state index in [1.54, 1.807) is 62.1 Å². The average Bonchev–Trinajstić information content (AvgIpc) is 3.41. The highest BCUT2D eigenvalue weighted by molar-refractivity contribution is 6.46. The summed E-state index contributed by atoms with van der Waals surface area (Å²) < 4.78 is 7.24. The highest BCUT2D eigenvalue weighted by atomic mass is 35.5. The first-order valence-electron chi connectivity index (χ1n) is 10.1. The number of ketones is 1. The van der Waals surface area contributed by atoms with E-state index in [1.165, 1.54) is 4.90 Å². The SMILES string of the molecule is COc1cccc([C@@H]2C(=C(O)c3ccc(Cl)cc3)C(=O)C(=O)N2CCCn2ccnc2)c1. The van der Waals surface area contributed by atoms with Crippen molar-refractivity contribution in [3.05, 3.63) is 89.0 Å². The largest absolute Gasteiger partial charge is 0.507 e. The number of amides is 1. The summed E-state index contributed by atoms with van der Waals surface area (Å²) in [5.74, 6) is -0.991. The Morgan fingerprint density at radius 1 is 1.16 bits per heavy atom. The number of rotatable bonds is 7. The van der Waals surface area contributed by atoms with E-state index in [9.17, 15) is 14.7 Å². The van der Waals surface area contributed by atoms with Crippen LogP contribution in [0.25, 0.3) is 5.76 Å². The maximum absolute atomic E-state index is 13.0. The molecule has 1 fully saturated rings. The summed E-state index contributed by atoms with van der Waals surface area (Å²) in [6.07, 6.45) is 5.85. The predicted octanol–water partition coefficient (Wildman–Crippen LogP) is 4.06. The van der Waals surface area contributed by atoms with Gasteiger partial charge < -0.3 is 19.3 Å². The number of imidazole rings is 1. The minimum atomic E-state index is -0.733. The molecule has 3 aromatic rings. The van der Waals surface area contributed by atoms with E-state index in [-0.39, 0.29) is 11.3 Å². The Morgan fingerprint density at radius 2 is 1.94 bits per heavy atom. The van der Waals surface area contributed by atoms with E-state index in [4.69, 9.17) is 16.3 Å². The van der Waals surface area contributed by atoms with E-state index in [2.05, 4.69) is 4.98 Å². The Morgan fingerprint density at radius 3 is 2.62 bits per heavy atom. The molecule has 0 aliphatic carbocycles. The fourth-order valence-electron chi connectivity index (χ4n) is 3.87. The maximum atomic E-state index is 13.0. The lowest BCUT2D eigenvalue weighted by Crippen LogP contribution is -2.31. The van der Waals surface area contributed by atoms with Gasteiger partial charge in [0, 0.05) is 36.1 Å². The number of aliphatic hydroxyl groups excluding tert-OH is 1. The lowest BCUT2D eigenvalue weighted by atomic mass is 9.95. The number of nitrogens with zero attached hydrogens (tertiary/aromatic N) is 3. The van der Waals surface area contributed by atoms with Gasteiger partial charge in [-0.15, -0.1) is 0 Å². The number of ether oxygens (including phenoxy) is 1. The summed E-state index contributed by atoms with van der Waals surface area (Å²) in [4.78, 5) is 31.6. The van der Waals surface area contributed by atoms with Gasteiger partial charge in [0.25, 0.3) is 11.7 Å². The second-order valence-electron chi connectivity index (χ2n) is 7.43. The smallest absolute Gasteiger partial charge is 0.295 e. The summed E-state index contributed by atoms with van der Waals surface area (Å²) in [5.41, 5.74) is 1.15. The lowest BCUT2D eigenvalue weighted by molar-refractivity contribution is -0.139. The standard InChI is InChI=1S/C24H22ClN3O4/c1-32-19-5-2-4-17(14-19)21-20(22(29)16-6-8-18(25)9-7-16)23(30)24(31)28(21)12-3-11-27-13-10-26-15-27/h2,4-10,13-15,21,29H,3,11-12H2,1H3/t21-/m1/s1. The summed E-state index contributed by atoms with van der Waals surface area (Å²) in [7, 11) is 1.55. The Kier molecular flexibility index (Phi) is 6.28. The maximum Gasteiger partial charge on any atom is 0.295 e. The van der Waals surface area contributed by atoms with Gasteiger partial charge in [-0.2, -0.15) is 0 Å². The Balaban J connectivity index is 1.74. The van der Waals surface area contributed by atoms with E-state index in [0.717, 1.165) is 0 Å². The van der Waals surface area contributed by atoms with Crippen LogP contribution < -0.4 is 4.74 Å². The fraction of sp³-hybridized carbons (Fsp3) is 0.208. The number of methoxy groups -OCH3 is 1. The fourth-order valence-corrected chi connectivity index (χ4v) is 4.00. The van der Waals surface area contributed by atoms with Gasteiger partial charge in [0.15, 0.2) is 0 Å². The van der Waals surface area contributed by atoms with Crippen molar-refractivity contribution in [2.45, 2.75) is 19.0 Å². The molecular formula is C24H22ClN3O4. The van der Waals surface area contributed by atoms with Crippen molar-refractivity contribution >= 4 is 29.1 Å². The molecule has 2 heterocycles. The van der Waals surface area contributed by atoms with Gasteiger partial charge in [-0.3, -0.25) is 9.59 Å².